The van der Waals surface area contributed by atoms with Gasteiger partial charge < -0.3 is 0 Å². The molecule has 0 heterocycles. The van der Waals surface area contributed by atoms with E-state index in [2.05, 4.69) is 112 Å². The summed E-state index contributed by atoms with van der Waals surface area (Å²) in [6.45, 7) is 8.69. The Hall–Kier alpha value is -2.38. The predicted molar refractivity (Wildman–Crippen MR) is 112 cm³/mol. The largest absolute Gasteiger partial charge is 0.298 e. The van der Waals surface area contributed by atoms with Gasteiger partial charge in [-0.05, 0) is 40.3 Å². The molecule has 0 radical (unpaired) electrons. The molecule has 0 saturated heterocycles. The highest BCUT2D eigenvalue weighted by Gasteiger charge is 2.13. The van der Waals surface area contributed by atoms with E-state index < -0.39 is 0 Å². The quantitative estimate of drug-likeness (QED) is 0.527. The summed E-state index contributed by atoms with van der Waals surface area (Å²) in [5.41, 5.74) is 6.85. The monoisotopic (exact) mass is 343 g/mol. The van der Waals surface area contributed by atoms with Crippen molar-refractivity contribution in [1.82, 2.24) is 4.90 Å². The van der Waals surface area contributed by atoms with Crippen LogP contribution in [0.15, 0.2) is 78.9 Å². The minimum Gasteiger partial charge on any atom is -0.298 e. The Morgan fingerprint density at radius 1 is 0.615 bits per heavy atom. The molecule has 0 aliphatic carbocycles. The Morgan fingerprint density at radius 2 is 1.08 bits per heavy atom. The van der Waals surface area contributed by atoms with Gasteiger partial charge in [0.25, 0.3) is 0 Å². The fourth-order valence-corrected chi connectivity index (χ4v) is 3.22. The van der Waals surface area contributed by atoms with Crippen LogP contribution < -0.4 is 0 Å². The number of hydrogen-bond acceptors (Lipinski definition) is 1. The molecule has 0 bridgehead atoms. The van der Waals surface area contributed by atoms with Crippen LogP contribution in [0.4, 0.5) is 0 Å². The van der Waals surface area contributed by atoms with Crippen LogP contribution in [0.1, 0.15) is 37.5 Å². The van der Waals surface area contributed by atoms with Crippen molar-refractivity contribution in [2.75, 3.05) is 7.05 Å². The smallest absolute Gasteiger partial charge is 0.0234 e. The van der Waals surface area contributed by atoms with E-state index in [4.69, 9.17) is 0 Å². The zero-order valence-corrected chi connectivity index (χ0v) is 16.4. The van der Waals surface area contributed by atoms with E-state index in [-0.39, 0.29) is 5.41 Å². The first-order chi connectivity index (χ1) is 12.4. The van der Waals surface area contributed by atoms with Gasteiger partial charge in [-0.15, -0.1) is 0 Å². The first kappa shape index (κ1) is 18.4. The molecule has 3 aromatic carbocycles. The van der Waals surface area contributed by atoms with Crippen molar-refractivity contribution in [3.8, 4) is 11.1 Å². The highest BCUT2D eigenvalue weighted by Crippen LogP contribution is 2.23. The van der Waals surface area contributed by atoms with Crippen molar-refractivity contribution < 1.29 is 0 Å². The second-order valence-corrected chi connectivity index (χ2v) is 8.18. The standard InChI is InChI=1S/C25H29N/c1-25(2,3)24-16-12-21(13-17-24)19-26(4)18-20-10-14-23(15-11-20)22-8-6-5-7-9-22/h5-17H,18-19H2,1-4H3. The SMILES string of the molecule is CN(Cc1ccc(-c2ccccc2)cc1)Cc1ccc(C(C)(C)C)cc1. The lowest BCUT2D eigenvalue weighted by atomic mass is 9.87. The van der Waals surface area contributed by atoms with Crippen molar-refractivity contribution in [2.45, 2.75) is 39.3 Å². The fourth-order valence-electron chi connectivity index (χ4n) is 3.22. The Bertz CT molecular complexity index is 809. The van der Waals surface area contributed by atoms with Gasteiger partial charge in [0.15, 0.2) is 0 Å². The third-order valence-corrected chi connectivity index (χ3v) is 4.79. The number of nitrogens with zero attached hydrogens (tertiary/aromatic N) is 1. The molecule has 0 atom stereocenters. The lowest BCUT2D eigenvalue weighted by Crippen LogP contribution is -2.17. The molecule has 0 amide bonds. The highest BCUT2D eigenvalue weighted by atomic mass is 15.1. The van der Waals surface area contributed by atoms with Crippen molar-refractivity contribution in [1.29, 1.82) is 0 Å². The van der Waals surface area contributed by atoms with Gasteiger partial charge in [0.05, 0.1) is 0 Å². The molecule has 0 saturated carbocycles. The minimum atomic E-state index is 0.213. The van der Waals surface area contributed by atoms with Crippen LogP contribution in [0, 0.1) is 0 Å². The molecule has 0 aliphatic rings. The zero-order chi connectivity index (χ0) is 18.6. The number of rotatable bonds is 5. The van der Waals surface area contributed by atoms with E-state index in [0.717, 1.165) is 13.1 Å². The minimum absolute atomic E-state index is 0.213. The molecule has 26 heavy (non-hydrogen) atoms. The Kier molecular flexibility index (Phi) is 5.58. The lowest BCUT2D eigenvalue weighted by Gasteiger charge is -2.21. The average molecular weight is 344 g/mol. The second-order valence-electron chi connectivity index (χ2n) is 8.18. The van der Waals surface area contributed by atoms with Gasteiger partial charge in [0.2, 0.25) is 0 Å². The average Bonchev–Trinajstić information content (AvgIpc) is 2.63. The Morgan fingerprint density at radius 3 is 1.58 bits per heavy atom. The van der Waals surface area contributed by atoms with Crippen LogP contribution in [0.5, 0.6) is 0 Å². The van der Waals surface area contributed by atoms with Crippen LogP contribution >= 0.6 is 0 Å². The normalized spacial score (nSPS) is 11.7. The van der Waals surface area contributed by atoms with Crippen LogP contribution in [0.25, 0.3) is 11.1 Å². The first-order valence-corrected chi connectivity index (χ1v) is 9.34. The van der Waals surface area contributed by atoms with Crippen molar-refractivity contribution in [3.05, 3.63) is 95.6 Å². The van der Waals surface area contributed by atoms with Crippen molar-refractivity contribution in [3.63, 3.8) is 0 Å². The molecular weight excluding hydrogens is 314 g/mol. The molecule has 3 aromatic rings. The maximum atomic E-state index is 2.36. The summed E-state index contributed by atoms with van der Waals surface area (Å²) in [6, 6.07) is 28.5. The molecule has 0 N–H and O–H groups in total. The zero-order valence-electron chi connectivity index (χ0n) is 16.4. The van der Waals surface area contributed by atoms with E-state index in [9.17, 15) is 0 Å². The van der Waals surface area contributed by atoms with Crippen molar-refractivity contribution >= 4 is 0 Å². The molecule has 1 heteroatoms. The van der Waals surface area contributed by atoms with Crippen LogP contribution in [0.2, 0.25) is 0 Å². The van der Waals surface area contributed by atoms with Crippen LogP contribution in [0.3, 0.4) is 0 Å². The summed E-state index contributed by atoms with van der Waals surface area (Å²) in [5.74, 6) is 0. The van der Waals surface area contributed by atoms with E-state index in [1.807, 2.05) is 0 Å². The van der Waals surface area contributed by atoms with E-state index >= 15 is 0 Å². The molecule has 0 fully saturated rings. The Balaban J connectivity index is 1.60. The molecule has 0 aliphatic heterocycles. The summed E-state index contributed by atoms with van der Waals surface area (Å²) >= 11 is 0. The molecule has 1 nitrogen and oxygen atoms in total. The molecule has 134 valence electrons. The maximum absolute atomic E-state index is 2.36. The van der Waals surface area contributed by atoms with Gasteiger partial charge in [-0.3, -0.25) is 4.90 Å². The summed E-state index contributed by atoms with van der Waals surface area (Å²) in [4.78, 5) is 2.36. The summed E-state index contributed by atoms with van der Waals surface area (Å²) in [7, 11) is 2.18. The van der Waals surface area contributed by atoms with Crippen LogP contribution in [-0.2, 0) is 18.5 Å². The molecule has 3 rings (SSSR count). The topological polar surface area (TPSA) is 3.24 Å². The third kappa shape index (κ3) is 4.83. The molecular formula is C25H29N. The highest BCUT2D eigenvalue weighted by molar-refractivity contribution is 5.63. The maximum Gasteiger partial charge on any atom is 0.0234 e. The van der Waals surface area contributed by atoms with Crippen LogP contribution in [-0.4, -0.2) is 11.9 Å². The number of benzene rings is 3. The molecule has 0 aromatic heterocycles. The number of hydrogen-bond donors (Lipinski definition) is 0. The second kappa shape index (κ2) is 7.88. The van der Waals surface area contributed by atoms with E-state index in [0.29, 0.717) is 0 Å². The Labute approximate surface area is 158 Å². The van der Waals surface area contributed by atoms with Gasteiger partial charge in [-0.25, -0.2) is 0 Å². The summed E-state index contributed by atoms with van der Waals surface area (Å²) in [6.07, 6.45) is 0. The first-order valence-electron chi connectivity index (χ1n) is 9.34. The third-order valence-electron chi connectivity index (χ3n) is 4.79. The fraction of sp³-hybridized carbons (Fsp3) is 0.280. The van der Waals surface area contributed by atoms with Gasteiger partial charge in [-0.2, -0.15) is 0 Å². The summed E-state index contributed by atoms with van der Waals surface area (Å²) in [5, 5.41) is 0. The van der Waals surface area contributed by atoms with Gasteiger partial charge >= 0.3 is 0 Å². The van der Waals surface area contributed by atoms with Crippen molar-refractivity contribution in [2.24, 2.45) is 0 Å². The van der Waals surface area contributed by atoms with Gasteiger partial charge in [0.1, 0.15) is 0 Å². The van der Waals surface area contributed by atoms with E-state index in [1.54, 1.807) is 0 Å². The lowest BCUT2D eigenvalue weighted by molar-refractivity contribution is 0.319. The van der Waals surface area contributed by atoms with Gasteiger partial charge in [0, 0.05) is 13.1 Å². The summed E-state index contributed by atoms with van der Waals surface area (Å²) < 4.78 is 0. The van der Waals surface area contributed by atoms with E-state index in [1.165, 1.54) is 27.8 Å². The molecule has 0 spiro atoms. The predicted octanol–water partition coefficient (Wildman–Crippen LogP) is 6.28. The molecule has 0 unspecified atom stereocenters. The van der Waals surface area contributed by atoms with Gasteiger partial charge in [-0.1, -0.05) is 99.6 Å².